The molecule has 0 saturated carbocycles. The van der Waals surface area contributed by atoms with Gasteiger partial charge in [-0.25, -0.2) is 0 Å². The van der Waals surface area contributed by atoms with Gasteiger partial charge >= 0.3 is 0 Å². The lowest BCUT2D eigenvalue weighted by molar-refractivity contribution is -0.123. The summed E-state index contributed by atoms with van der Waals surface area (Å²) in [5.74, 6) is 0.168. The van der Waals surface area contributed by atoms with E-state index in [1.807, 2.05) is 13.8 Å². The number of hydrogen-bond acceptors (Lipinski definition) is 3. The summed E-state index contributed by atoms with van der Waals surface area (Å²) in [4.78, 5) is 11.2. The Hall–Kier alpha value is -1.32. The fourth-order valence-electron chi connectivity index (χ4n) is 1.06. The highest BCUT2D eigenvalue weighted by molar-refractivity contribution is 5.77. The predicted molar refractivity (Wildman–Crippen MR) is 52.7 cm³/mol. The second kappa shape index (κ2) is 5.42. The van der Waals surface area contributed by atoms with Gasteiger partial charge in [0.2, 0.25) is 5.91 Å². The minimum absolute atomic E-state index is 0.0607. The molecule has 0 radical (unpaired) electrons. The summed E-state index contributed by atoms with van der Waals surface area (Å²) in [6.07, 6.45) is 5.14. The molecule has 4 nitrogen and oxygen atoms in total. The fourth-order valence-corrected chi connectivity index (χ4v) is 1.06. The number of carbonyl (C=O) groups excluding carboxylic acids is 1. The van der Waals surface area contributed by atoms with Crippen LogP contribution >= 0.6 is 0 Å². The van der Waals surface area contributed by atoms with Gasteiger partial charge in [-0.1, -0.05) is 19.0 Å². The molecule has 1 heterocycles. The zero-order valence-corrected chi connectivity index (χ0v) is 8.62. The summed E-state index contributed by atoms with van der Waals surface area (Å²) in [6.45, 7) is 4.48. The highest BCUT2D eigenvalue weighted by atomic mass is 16.5. The van der Waals surface area contributed by atoms with Crippen LogP contribution < -0.4 is 5.32 Å². The first-order chi connectivity index (χ1) is 6.70. The lowest BCUT2D eigenvalue weighted by atomic mass is 10.2. The fraction of sp³-hybridized carbons (Fsp3) is 0.600. The smallest absolute Gasteiger partial charge is 0.222 e. The van der Waals surface area contributed by atoms with Crippen LogP contribution in [0, 0.1) is 5.92 Å². The summed E-state index contributed by atoms with van der Waals surface area (Å²) in [5, 5.41) is 6.46. The average molecular weight is 196 g/mol. The molecular formula is C10H16N2O2. The van der Waals surface area contributed by atoms with Crippen LogP contribution in [0.1, 0.15) is 25.8 Å². The van der Waals surface area contributed by atoms with Crippen LogP contribution in [0.15, 0.2) is 17.0 Å². The second-order valence-corrected chi connectivity index (χ2v) is 3.58. The molecule has 0 aliphatic rings. The first-order valence-electron chi connectivity index (χ1n) is 4.86. The monoisotopic (exact) mass is 196 g/mol. The van der Waals surface area contributed by atoms with Gasteiger partial charge in [0.05, 0.1) is 6.20 Å². The number of amides is 1. The first kappa shape index (κ1) is 10.8. The van der Waals surface area contributed by atoms with Crippen molar-refractivity contribution in [1.82, 2.24) is 10.5 Å². The van der Waals surface area contributed by atoms with Crippen LogP contribution in [0.2, 0.25) is 0 Å². The molecule has 1 amide bonds. The van der Waals surface area contributed by atoms with Gasteiger partial charge in [0.1, 0.15) is 6.26 Å². The van der Waals surface area contributed by atoms with Crippen LogP contribution in [0.3, 0.4) is 0 Å². The number of nitrogens with one attached hydrogen (secondary N) is 1. The molecule has 0 saturated heterocycles. The molecule has 0 atom stereocenters. The van der Waals surface area contributed by atoms with Crippen LogP contribution in [-0.4, -0.2) is 17.6 Å². The summed E-state index contributed by atoms with van der Waals surface area (Å²) < 4.78 is 4.69. The summed E-state index contributed by atoms with van der Waals surface area (Å²) in [6, 6.07) is 0. The third-order valence-electron chi connectivity index (χ3n) is 1.95. The quantitative estimate of drug-likeness (QED) is 0.724. The molecule has 0 spiro atoms. The summed E-state index contributed by atoms with van der Waals surface area (Å²) in [5.41, 5.74) is 1.07. The maximum Gasteiger partial charge on any atom is 0.222 e. The Morgan fingerprint density at radius 1 is 1.64 bits per heavy atom. The third-order valence-corrected chi connectivity index (χ3v) is 1.95. The molecule has 14 heavy (non-hydrogen) atoms. The van der Waals surface area contributed by atoms with Crippen molar-refractivity contribution in [3.63, 3.8) is 0 Å². The molecule has 0 bridgehead atoms. The van der Waals surface area contributed by atoms with Gasteiger partial charge in [-0.15, -0.1) is 0 Å². The molecular weight excluding hydrogens is 180 g/mol. The molecule has 1 aromatic heterocycles. The molecule has 1 aromatic rings. The van der Waals surface area contributed by atoms with Crippen molar-refractivity contribution < 1.29 is 9.32 Å². The number of nitrogens with zero attached hydrogens (tertiary/aromatic N) is 1. The van der Waals surface area contributed by atoms with Crippen LogP contribution in [0.25, 0.3) is 0 Å². The van der Waals surface area contributed by atoms with Crippen molar-refractivity contribution in [2.75, 3.05) is 6.54 Å². The van der Waals surface area contributed by atoms with Crippen LogP contribution in [0.4, 0.5) is 0 Å². The van der Waals surface area contributed by atoms with E-state index in [4.69, 9.17) is 4.52 Å². The Morgan fingerprint density at radius 2 is 2.43 bits per heavy atom. The van der Waals surface area contributed by atoms with Crippen LogP contribution in [-0.2, 0) is 11.2 Å². The molecule has 0 aliphatic carbocycles. The number of hydrogen-bond donors (Lipinski definition) is 1. The predicted octanol–water partition coefficient (Wildman–Crippen LogP) is 1.38. The maximum absolute atomic E-state index is 11.2. The lowest BCUT2D eigenvalue weighted by Crippen LogP contribution is -2.28. The van der Waals surface area contributed by atoms with Gasteiger partial charge in [0, 0.05) is 18.0 Å². The summed E-state index contributed by atoms with van der Waals surface area (Å²) >= 11 is 0. The van der Waals surface area contributed by atoms with Crippen molar-refractivity contribution in [2.24, 2.45) is 5.92 Å². The van der Waals surface area contributed by atoms with E-state index in [2.05, 4.69) is 10.5 Å². The topological polar surface area (TPSA) is 55.1 Å². The lowest BCUT2D eigenvalue weighted by Gasteiger charge is -2.06. The van der Waals surface area contributed by atoms with E-state index in [1.165, 1.54) is 0 Å². The molecule has 0 aliphatic heterocycles. The van der Waals surface area contributed by atoms with E-state index >= 15 is 0 Å². The molecule has 1 N–H and O–H groups in total. The Morgan fingerprint density at radius 3 is 3.00 bits per heavy atom. The highest BCUT2D eigenvalue weighted by Gasteiger charge is 2.04. The Bertz CT molecular complexity index is 268. The van der Waals surface area contributed by atoms with E-state index in [9.17, 15) is 4.79 Å². The maximum atomic E-state index is 11.2. The van der Waals surface area contributed by atoms with Gasteiger partial charge in [-0.05, 0) is 12.8 Å². The van der Waals surface area contributed by atoms with Crippen molar-refractivity contribution in [2.45, 2.75) is 26.7 Å². The van der Waals surface area contributed by atoms with E-state index in [1.54, 1.807) is 12.5 Å². The molecule has 78 valence electrons. The molecule has 1 rings (SSSR count). The third kappa shape index (κ3) is 3.60. The molecule has 0 aromatic carbocycles. The standard InChI is InChI=1S/C10H16N2O2/c1-8(2)10(13)11-5-3-4-9-6-12-14-7-9/h6-8H,3-5H2,1-2H3,(H,11,13). The van der Waals surface area contributed by atoms with Crippen molar-refractivity contribution in [1.29, 1.82) is 0 Å². The van der Waals surface area contributed by atoms with Gasteiger partial charge in [0.25, 0.3) is 0 Å². The Labute approximate surface area is 83.7 Å². The second-order valence-electron chi connectivity index (χ2n) is 3.58. The van der Waals surface area contributed by atoms with E-state index in [-0.39, 0.29) is 11.8 Å². The zero-order chi connectivity index (χ0) is 10.4. The Balaban J connectivity index is 2.08. The summed E-state index contributed by atoms with van der Waals surface area (Å²) in [7, 11) is 0. The Kier molecular flexibility index (Phi) is 4.16. The highest BCUT2D eigenvalue weighted by Crippen LogP contribution is 2.00. The van der Waals surface area contributed by atoms with Crippen LogP contribution in [0.5, 0.6) is 0 Å². The molecule has 4 heteroatoms. The minimum Gasteiger partial charge on any atom is -0.364 e. The largest absolute Gasteiger partial charge is 0.364 e. The number of aryl methyl sites for hydroxylation is 1. The van der Waals surface area contributed by atoms with E-state index in [0.717, 1.165) is 18.4 Å². The minimum atomic E-state index is 0.0607. The average Bonchev–Trinajstić information content (AvgIpc) is 2.64. The number of carbonyl (C=O) groups is 1. The molecule has 0 fully saturated rings. The van der Waals surface area contributed by atoms with Crippen molar-refractivity contribution >= 4 is 5.91 Å². The first-order valence-corrected chi connectivity index (χ1v) is 4.86. The number of aromatic nitrogens is 1. The van der Waals surface area contributed by atoms with Crippen molar-refractivity contribution in [3.05, 3.63) is 18.0 Å². The van der Waals surface area contributed by atoms with E-state index < -0.39 is 0 Å². The van der Waals surface area contributed by atoms with Gasteiger partial charge in [-0.3, -0.25) is 4.79 Å². The van der Waals surface area contributed by atoms with Gasteiger partial charge in [0.15, 0.2) is 0 Å². The van der Waals surface area contributed by atoms with Gasteiger partial charge < -0.3 is 9.84 Å². The number of rotatable bonds is 5. The van der Waals surface area contributed by atoms with Gasteiger partial charge in [-0.2, -0.15) is 0 Å². The normalized spacial score (nSPS) is 10.5. The SMILES string of the molecule is CC(C)C(=O)NCCCc1cnoc1. The van der Waals surface area contributed by atoms with Crippen molar-refractivity contribution in [3.8, 4) is 0 Å². The molecule has 0 unspecified atom stereocenters. The van der Waals surface area contributed by atoms with E-state index in [0.29, 0.717) is 6.54 Å². The zero-order valence-electron chi connectivity index (χ0n) is 8.62.